The number of amides is 2. The van der Waals surface area contributed by atoms with Crippen molar-refractivity contribution >= 4 is 11.8 Å². The van der Waals surface area contributed by atoms with Crippen LogP contribution in [0.15, 0.2) is 18.2 Å². The van der Waals surface area contributed by atoms with Gasteiger partial charge in [0.2, 0.25) is 11.8 Å². The fraction of sp³-hybridized carbons (Fsp3) is 0.429. The van der Waals surface area contributed by atoms with E-state index in [1.807, 2.05) is 6.92 Å². The number of carbonyl (C=O) groups excluding carboxylic acids is 2. The molecule has 2 rings (SSSR count). The van der Waals surface area contributed by atoms with E-state index in [-0.39, 0.29) is 30.0 Å². The molecule has 1 aromatic carbocycles. The summed E-state index contributed by atoms with van der Waals surface area (Å²) in [5.41, 5.74) is 0.870. The number of likely N-dealkylation sites (N-methyl/N-ethyl adjacent to an activating group) is 1. The zero-order chi connectivity index (χ0) is 14.9. The Morgan fingerprint density at radius 2 is 2.15 bits per heavy atom. The largest absolute Gasteiger partial charge is 0.504 e. The highest BCUT2D eigenvalue weighted by molar-refractivity contribution is 6.05. The molecule has 0 saturated carbocycles. The standard InChI is InChI=1S/C14H18N2O4/c1-8(9-4-5-11(17)12(6-9)20-3)15-10-7-13(18)16(2)14(10)19/h4-6,8,10,15,17H,7H2,1-3H3. The van der Waals surface area contributed by atoms with Crippen LogP contribution in [0.1, 0.15) is 24.9 Å². The molecule has 6 nitrogen and oxygen atoms in total. The summed E-state index contributed by atoms with van der Waals surface area (Å²) in [5.74, 6) is 0.0491. The summed E-state index contributed by atoms with van der Waals surface area (Å²) < 4.78 is 5.05. The van der Waals surface area contributed by atoms with Gasteiger partial charge in [-0.1, -0.05) is 6.07 Å². The third-order valence-electron chi connectivity index (χ3n) is 3.54. The molecule has 108 valence electrons. The first-order valence-corrected chi connectivity index (χ1v) is 6.37. The molecule has 0 bridgehead atoms. The smallest absolute Gasteiger partial charge is 0.246 e. The van der Waals surface area contributed by atoms with Crippen molar-refractivity contribution in [2.24, 2.45) is 0 Å². The number of ether oxygens (including phenoxy) is 1. The number of imide groups is 1. The molecule has 6 heteroatoms. The first-order valence-electron chi connectivity index (χ1n) is 6.37. The number of hydrogen-bond donors (Lipinski definition) is 2. The molecule has 0 spiro atoms. The van der Waals surface area contributed by atoms with E-state index in [4.69, 9.17) is 4.74 Å². The maximum atomic E-state index is 11.8. The Labute approximate surface area is 117 Å². The Hall–Kier alpha value is -2.08. The molecule has 2 amide bonds. The van der Waals surface area contributed by atoms with Crippen LogP contribution in [0.3, 0.4) is 0 Å². The lowest BCUT2D eigenvalue weighted by atomic mass is 10.1. The van der Waals surface area contributed by atoms with Crippen LogP contribution in [-0.2, 0) is 9.59 Å². The number of methoxy groups -OCH3 is 1. The minimum absolute atomic E-state index is 0.0651. The van der Waals surface area contributed by atoms with E-state index in [1.54, 1.807) is 18.2 Å². The van der Waals surface area contributed by atoms with Gasteiger partial charge in [0.25, 0.3) is 0 Å². The van der Waals surface area contributed by atoms with Gasteiger partial charge in [-0.3, -0.25) is 19.8 Å². The number of nitrogens with zero attached hydrogens (tertiary/aromatic N) is 1. The molecule has 1 fully saturated rings. The fourth-order valence-corrected chi connectivity index (χ4v) is 2.25. The van der Waals surface area contributed by atoms with Crippen molar-refractivity contribution in [1.82, 2.24) is 10.2 Å². The van der Waals surface area contributed by atoms with Crippen LogP contribution in [0.5, 0.6) is 11.5 Å². The predicted molar refractivity (Wildman–Crippen MR) is 72.4 cm³/mol. The maximum absolute atomic E-state index is 11.8. The zero-order valence-electron chi connectivity index (χ0n) is 11.7. The Kier molecular flexibility index (Phi) is 3.94. The summed E-state index contributed by atoms with van der Waals surface area (Å²) in [6, 6.07) is 4.36. The maximum Gasteiger partial charge on any atom is 0.246 e. The first kappa shape index (κ1) is 14.3. The number of likely N-dealkylation sites (tertiary alicyclic amines) is 1. The molecule has 2 N–H and O–H groups in total. The summed E-state index contributed by atoms with van der Waals surface area (Å²) in [6.07, 6.45) is 0.175. The van der Waals surface area contributed by atoms with E-state index < -0.39 is 6.04 Å². The topological polar surface area (TPSA) is 78.9 Å². The van der Waals surface area contributed by atoms with Gasteiger partial charge in [-0.05, 0) is 24.6 Å². The highest BCUT2D eigenvalue weighted by Crippen LogP contribution is 2.29. The van der Waals surface area contributed by atoms with Crippen LogP contribution < -0.4 is 10.1 Å². The molecule has 1 heterocycles. The predicted octanol–water partition coefficient (Wildman–Crippen LogP) is 0.809. The van der Waals surface area contributed by atoms with Crippen molar-refractivity contribution < 1.29 is 19.4 Å². The summed E-state index contributed by atoms with van der Waals surface area (Å²) in [4.78, 5) is 24.4. The Morgan fingerprint density at radius 3 is 2.70 bits per heavy atom. The van der Waals surface area contributed by atoms with Gasteiger partial charge in [0.05, 0.1) is 19.6 Å². The van der Waals surface area contributed by atoms with Crippen molar-refractivity contribution in [3.63, 3.8) is 0 Å². The Balaban J connectivity index is 2.11. The number of carbonyl (C=O) groups is 2. The summed E-state index contributed by atoms with van der Waals surface area (Å²) in [6.45, 7) is 1.89. The van der Waals surface area contributed by atoms with E-state index in [0.717, 1.165) is 10.5 Å². The molecule has 2 unspecified atom stereocenters. The van der Waals surface area contributed by atoms with E-state index >= 15 is 0 Å². The third-order valence-corrected chi connectivity index (χ3v) is 3.54. The lowest BCUT2D eigenvalue weighted by Crippen LogP contribution is -2.38. The van der Waals surface area contributed by atoms with Crippen molar-refractivity contribution in [3.05, 3.63) is 23.8 Å². The van der Waals surface area contributed by atoms with Crippen molar-refractivity contribution in [2.45, 2.75) is 25.4 Å². The van der Waals surface area contributed by atoms with Gasteiger partial charge < -0.3 is 9.84 Å². The van der Waals surface area contributed by atoms with Crippen LogP contribution in [-0.4, -0.2) is 42.0 Å². The highest BCUT2D eigenvalue weighted by atomic mass is 16.5. The number of phenols is 1. The van der Waals surface area contributed by atoms with Crippen LogP contribution in [0.4, 0.5) is 0 Å². The average molecular weight is 278 g/mol. The van der Waals surface area contributed by atoms with Crippen molar-refractivity contribution in [3.8, 4) is 11.5 Å². The number of hydrogen-bond acceptors (Lipinski definition) is 5. The minimum atomic E-state index is -0.498. The lowest BCUT2D eigenvalue weighted by Gasteiger charge is -2.19. The highest BCUT2D eigenvalue weighted by Gasteiger charge is 2.36. The van der Waals surface area contributed by atoms with E-state index in [2.05, 4.69) is 5.32 Å². The van der Waals surface area contributed by atoms with Crippen molar-refractivity contribution in [2.75, 3.05) is 14.2 Å². The molecule has 20 heavy (non-hydrogen) atoms. The Bertz CT molecular complexity index is 544. The first-order chi connectivity index (χ1) is 9.43. The van der Waals surface area contributed by atoms with Gasteiger partial charge in [0.1, 0.15) is 0 Å². The lowest BCUT2D eigenvalue weighted by molar-refractivity contribution is -0.137. The van der Waals surface area contributed by atoms with Gasteiger partial charge in [-0.25, -0.2) is 0 Å². The van der Waals surface area contributed by atoms with Crippen LogP contribution >= 0.6 is 0 Å². The summed E-state index contributed by atoms with van der Waals surface area (Å²) >= 11 is 0. The van der Waals surface area contributed by atoms with Crippen LogP contribution in [0.2, 0.25) is 0 Å². The Morgan fingerprint density at radius 1 is 1.45 bits per heavy atom. The van der Waals surface area contributed by atoms with E-state index in [1.165, 1.54) is 14.2 Å². The van der Waals surface area contributed by atoms with Crippen LogP contribution in [0.25, 0.3) is 0 Å². The second-order valence-electron chi connectivity index (χ2n) is 4.87. The molecular weight excluding hydrogens is 260 g/mol. The SMILES string of the molecule is COc1cc(C(C)NC2CC(=O)N(C)C2=O)ccc1O. The number of rotatable bonds is 4. The van der Waals surface area contributed by atoms with Gasteiger partial charge in [0.15, 0.2) is 11.5 Å². The normalized spacial score (nSPS) is 20.4. The molecular formula is C14H18N2O4. The average Bonchev–Trinajstić information content (AvgIpc) is 2.66. The molecule has 0 aliphatic carbocycles. The van der Waals surface area contributed by atoms with Crippen LogP contribution in [0, 0.1) is 0 Å². The molecule has 2 atom stereocenters. The molecule has 1 aliphatic rings. The molecule has 0 aromatic heterocycles. The molecule has 0 radical (unpaired) electrons. The quantitative estimate of drug-likeness (QED) is 0.797. The van der Waals surface area contributed by atoms with Gasteiger partial charge in [0, 0.05) is 13.1 Å². The second-order valence-corrected chi connectivity index (χ2v) is 4.87. The van der Waals surface area contributed by atoms with Gasteiger partial charge in [-0.2, -0.15) is 0 Å². The molecule has 1 aliphatic heterocycles. The third kappa shape index (κ3) is 2.60. The molecule has 1 saturated heterocycles. The number of nitrogens with one attached hydrogen (secondary N) is 1. The number of aromatic hydroxyl groups is 1. The van der Waals surface area contributed by atoms with E-state index in [0.29, 0.717) is 5.75 Å². The summed E-state index contributed by atoms with van der Waals surface area (Å²) in [7, 11) is 2.96. The number of benzene rings is 1. The number of phenolic OH excluding ortho intramolecular Hbond substituents is 1. The van der Waals surface area contributed by atoms with Gasteiger partial charge >= 0.3 is 0 Å². The second kappa shape index (κ2) is 5.50. The molecule has 1 aromatic rings. The monoisotopic (exact) mass is 278 g/mol. The van der Waals surface area contributed by atoms with Gasteiger partial charge in [-0.15, -0.1) is 0 Å². The zero-order valence-corrected chi connectivity index (χ0v) is 11.7. The van der Waals surface area contributed by atoms with E-state index in [9.17, 15) is 14.7 Å². The summed E-state index contributed by atoms with van der Waals surface area (Å²) in [5, 5.41) is 12.7. The minimum Gasteiger partial charge on any atom is -0.504 e. The fourth-order valence-electron chi connectivity index (χ4n) is 2.25. The van der Waals surface area contributed by atoms with Crippen molar-refractivity contribution in [1.29, 1.82) is 0 Å².